The molecule has 1 saturated heterocycles. The van der Waals surface area contributed by atoms with E-state index in [4.69, 9.17) is 5.11 Å². The second-order valence-corrected chi connectivity index (χ2v) is 8.09. The van der Waals surface area contributed by atoms with Crippen LogP contribution in [0.2, 0.25) is 0 Å². The molecular weight excluding hydrogens is 334 g/mol. The summed E-state index contributed by atoms with van der Waals surface area (Å²) >= 11 is 0. The Bertz CT molecular complexity index is 699. The maximum Gasteiger partial charge on any atom is 0.288 e. The third-order valence-corrected chi connectivity index (χ3v) is 5.57. The Morgan fingerprint density at radius 2 is 2.00 bits per heavy atom. The summed E-state index contributed by atoms with van der Waals surface area (Å²) in [6, 6.07) is 4.63. The fourth-order valence-electron chi connectivity index (χ4n) is 3.05. The van der Waals surface area contributed by atoms with Crippen molar-refractivity contribution in [3.05, 3.63) is 28.3 Å². The number of piperidine rings is 1. The molecule has 1 aliphatic rings. The van der Waals surface area contributed by atoms with Gasteiger partial charge in [0.25, 0.3) is 5.69 Å². The molecule has 1 fully saturated rings. The minimum atomic E-state index is -3.68. The van der Waals surface area contributed by atoms with E-state index in [1.807, 2.05) is 11.9 Å². The number of aliphatic hydroxyl groups is 1. The lowest BCUT2D eigenvalue weighted by Gasteiger charge is -2.37. The lowest BCUT2D eigenvalue weighted by atomic mass is 10.0. The first-order valence-corrected chi connectivity index (χ1v) is 9.67. The zero-order chi connectivity index (χ0) is 17.9. The van der Waals surface area contributed by atoms with Gasteiger partial charge in [0.1, 0.15) is 4.90 Å². The van der Waals surface area contributed by atoms with Crippen LogP contribution in [-0.4, -0.2) is 68.9 Å². The summed E-state index contributed by atoms with van der Waals surface area (Å²) in [4.78, 5) is 14.3. The molecule has 0 bridgehead atoms. The summed E-state index contributed by atoms with van der Waals surface area (Å²) in [5.74, 6) is 0. The molecule has 24 heavy (non-hydrogen) atoms. The predicted molar refractivity (Wildman–Crippen MR) is 91.2 cm³/mol. The predicted octanol–water partition coefficient (Wildman–Crippen LogP) is 0.891. The molecule has 9 heteroatoms. The van der Waals surface area contributed by atoms with Crippen molar-refractivity contribution in [2.45, 2.75) is 23.8 Å². The van der Waals surface area contributed by atoms with E-state index in [9.17, 15) is 18.5 Å². The van der Waals surface area contributed by atoms with Crippen LogP contribution in [0.1, 0.15) is 12.8 Å². The fourth-order valence-corrected chi connectivity index (χ4v) is 3.91. The molecule has 0 spiro atoms. The van der Waals surface area contributed by atoms with Crippen molar-refractivity contribution in [3.8, 4) is 0 Å². The van der Waals surface area contributed by atoms with E-state index in [0.717, 1.165) is 32.2 Å². The number of nitrogens with zero attached hydrogens (tertiary/aromatic N) is 3. The van der Waals surface area contributed by atoms with Crippen molar-refractivity contribution < 1.29 is 18.4 Å². The number of benzene rings is 1. The Kier molecular flexibility index (Phi) is 5.79. The van der Waals surface area contributed by atoms with Crippen LogP contribution in [-0.2, 0) is 9.84 Å². The van der Waals surface area contributed by atoms with E-state index in [0.29, 0.717) is 18.3 Å². The van der Waals surface area contributed by atoms with E-state index < -0.39 is 14.8 Å². The van der Waals surface area contributed by atoms with Gasteiger partial charge >= 0.3 is 0 Å². The van der Waals surface area contributed by atoms with Gasteiger partial charge in [0.05, 0.1) is 11.5 Å². The second kappa shape index (κ2) is 7.45. The molecule has 0 amide bonds. The second-order valence-electron chi connectivity index (χ2n) is 6.10. The van der Waals surface area contributed by atoms with Crippen LogP contribution in [0.3, 0.4) is 0 Å². The number of rotatable bonds is 6. The molecule has 1 aromatic rings. The summed E-state index contributed by atoms with van der Waals surface area (Å²) in [6.07, 6.45) is 2.76. The Balaban J connectivity index is 2.18. The number of nitro benzene ring substituents is 1. The molecule has 0 aromatic heterocycles. The quantitative estimate of drug-likeness (QED) is 0.595. The number of likely N-dealkylation sites (N-methyl/N-ethyl adjacent to an activating group) is 1. The highest BCUT2D eigenvalue weighted by Gasteiger charge is 2.26. The van der Waals surface area contributed by atoms with Gasteiger partial charge in [0.2, 0.25) is 0 Å². The first kappa shape index (κ1) is 18.6. The van der Waals surface area contributed by atoms with E-state index in [1.165, 1.54) is 12.1 Å². The van der Waals surface area contributed by atoms with Crippen molar-refractivity contribution in [3.63, 3.8) is 0 Å². The fraction of sp³-hybridized carbons (Fsp3) is 0.600. The largest absolute Gasteiger partial charge is 0.395 e. The Hall–Kier alpha value is -1.71. The number of sulfone groups is 1. The van der Waals surface area contributed by atoms with Crippen LogP contribution in [0, 0.1) is 10.1 Å². The summed E-state index contributed by atoms with van der Waals surface area (Å²) in [6.45, 7) is 2.22. The van der Waals surface area contributed by atoms with Crippen molar-refractivity contribution in [2.75, 3.05) is 44.4 Å². The number of hydrogen-bond donors (Lipinski definition) is 1. The highest BCUT2D eigenvalue weighted by Crippen LogP contribution is 2.30. The lowest BCUT2D eigenvalue weighted by Crippen LogP contribution is -2.44. The molecule has 0 saturated carbocycles. The third-order valence-electron chi connectivity index (χ3n) is 4.45. The molecular formula is C15H23N3O5S. The molecule has 2 rings (SSSR count). The highest BCUT2D eigenvalue weighted by atomic mass is 32.2. The first-order valence-electron chi connectivity index (χ1n) is 7.78. The van der Waals surface area contributed by atoms with Gasteiger partial charge in [-0.05, 0) is 32.0 Å². The molecule has 0 unspecified atom stereocenters. The minimum Gasteiger partial charge on any atom is -0.395 e. The van der Waals surface area contributed by atoms with Crippen LogP contribution in [0.25, 0.3) is 0 Å². The lowest BCUT2D eigenvalue weighted by molar-refractivity contribution is -0.387. The molecule has 1 heterocycles. The number of hydrogen-bond acceptors (Lipinski definition) is 7. The monoisotopic (exact) mass is 357 g/mol. The van der Waals surface area contributed by atoms with Crippen LogP contribution in [0.15, 0.2) is 23.1 Å². The molecule has 0 aliphatic carbocycles. The van der Waals surface area contributed by atoms with Crippen LogP contribution in [0.4, 0.5) is 11.4 Å². The van der Waals surface area contributed by atoms with E-state index in [1.54, 1.807) is 6.07 Å². The maximum atomic E-state index is 11.9. The zero-order valence-electron chi connectivity index (χ0n) is 13.9. The van der Waals surface area contributed by atoms with Gasteiger partial charge in [-0.1, -0.05) is 0 Å². The Morgan fingerprint density at radius 3 is 2.50 bits per heavy atom. The standard InChI is InChI=1S/C15H23N3O5S/c1-16(9-10-19)12-5-7-17(8-6-12)13-3-4-14(18(20)21)15(11-13)24(2,22)23/h3-4,11-12,19H,5-10H2,1-2H3. The Morgan fingerprint density at radius 1 is 1.38 bits per heavy atom. The average Bonchev–Trinajstić information content (AvgIpc) is 2.54. The molecule has 8 nitrogen and oxygen atoms in total. The molecule has 0 atom stereocenters. The highest BCUT2D eigenvalue weighted by molar-refractivity contribution is 7.90. The zero-order valence-corrected chi connectivity index (χ0v) is 14.7. The SMILES string of the molecule is CN(CCO)C1CCN(c2ccc([N+](=O)[O-])c(S(C)(=O)=O)c2)CC1. The summed E-state index contributed by atoms with van der Waals surface area (Å²) < 4.78 is 23.7. The Labute approximate surface area is 141 Å². The van der Waals surface area contributed by atoms with Crippen LogP contribution >= 0.6 is 0 Å². The topological polar surface area (TPSA) is 104 Å². The summed E-state index contributed by atoms with van der Waals surface area (Å²) in [7, 11) is -1.70. The van der Waals surface area contributed by atoms with Crippen molar-refractivity contribution in [2.24, 2.45) is 0 Å². The molecule has 1 N–H and O–H groups in total. The molecule has 0 radical (unpaired) electrons. The first-order chi connectivity index (χ1) is 11.2. The van der Waals surface area contributed by atoms with Gasteiger partial charge < -0.3 is 14.9 Å². The normalized spacial score (nSPS) is 16.6. The van der Waals surface area contributed by atoms with E-state index in [-0.39, 0.29) is 17.2 Å². The van der Waals surface area contributed by atoms with E-state index >= 15 is 0 Å². The van der Waals surface area contributed by atoms with Crippen LogP contribution in [0.5, 0.6) is 0 Å². The summed E-state index contributed by atoms with van der Waals surface area (Å²) in [5, 5.41) is 20.0. The number of anilines is 1. The van der Waals surface area contributed by atoms with Crippen molar-refractivity contribution in [1.29, 1.82) is 0 Å². The van der Waals surface area contributed by atoms with Gasteiger partial charge in [0, 0.05) is 43.7 Å². The summed E-state index contributed by atoms with van der Waals surface area (Å²) in [5.41, 5.74) is 0.295. The molecule has 134 valence electrons. The number of aliphatic hydroxyl groups excluding tert-OH is 1. The molecule has 1 aromatic carbocycles. The van der Waals surface area contributed by atoms with Gasteiger partial charge in [0.15, 0.2) is 9.84 Å². The van der Waals surface area contributed by atoms with Crippen molar-refractivity contribution in [1.82, 2.24) is 4.90 Å². The minimum absolute atomic E-state index is 0.122. The van der Waals surface area contributed by atoms with Gasteiger partial charge in [-0.15, -0.1) is 0 Å². The number of nitro groups is 1. The maximum absolute atomic E-state index is 11.9. The van der Waals surface area contributed by atoms with Crippen LogP contribution < -0.4 is 4.90 Å². The smallest absolute Gasteiger partial charge is 0.288 e. The van der Waals surface area contributed by atoms with Crippen molar-refractivity contribution >= 4 is 21.2 Å². The molecule has 1 aliphatic heterocycles. The van der Waals surface area contributed by atoms with E-state index in [2.05, 4.69) is 4.90 Å². The average molecular weight is 357 g/mol. The third kappa shape index (κ3) is 4.22. The van der Waals surface area contributed by atoms with Gasteiger partial charge in [-0.25, -0.2) is 8.42 Å². The van der Waals surface area contributed by atoms with Gasteiger partial charge in [-0.3, -0.25) is 10.1 Å². The van der Waals surface area contributed by atoms with Gasteiger partial charge in [-0.2, -0.15) is 0 Å².